The van der Waals surface area contributed by atoms with Gasteiger partial charge in [-0.1, -0.05) is 36.4 Å². The smallest absolute Gasteiger partial charge is 0.127 e. The monoisotopic (exact) mass is 440 g/mol. The predicted octanol–water partition coefficient (Wildman–Crippen LogP) is 8.44. The molecule has 0 aliphatic heterocycles. The highest BCUT2D eigenvalue weighted by atomic mass is 19.1. The number of halogens is 2. The lowest BCUT2D eigenvalue weighted by molar-refractivity contribution is 0.127. The Kier molecular flexibility index (Phi) is 8.35. The highest BCUT2D eigenvalue weighted by molar-refractivity contribution is 5.64. The quantitative estimate of drug-likeness (QED) is 0.400. The van der Waals surface area contributed by atoms with Gasteiger partial charge in [-0.25, -0.2) is 4.39 Å². The van der Waals surface area contributed by atoms with Crippen molar-refractivity contribution in [2.24, 2.45) is 11.8 Å². The molecule has 32 heavy (non-hydrogen) atoms. The van der Waals surface area contributed by atoms with E-state index in [9.17, 15) is 4.39 Å². The molecular formula is C29H38F2O. The summed E-state index contributed by atoms with van der Waals surface area (Å²) in [4.78, 5) is 0. The average Bonchev–Trinajstić information content (AvgIpc) is 2.84. The molecule has 2 aliphatic carbocycles. The fourth-order valence-corrected chi connectivity index (χ4v) is 6.01. The Hall–Kier alpha value is -1.74. The van der Waals surface area contributed by atoms with Crippen LogP contribution in [0.25, 0.3) is 11.1 Å². The summed E-state index contributed by atoms with van der Waals surface area (Å²) in [6, 6.07) is 14.6. The lowest BCUT2D eigenvalue weighted by Crippen LogP contribution is -2.17. The Morgan fingerprint density at radius 3 is 2.03 bits per heavy atom. The van der Waals surface area contributed by atoms with E-state index in [0.29, 0.717) is 30.1 Å². The summed E-state index contributed by atoms with van der Waals surface area (Å²) in [6.45, 7) is 0.642. The zero-order valence-electron chi connectivity index (χ0n) is 19.5. The van der Waals surface area contributed by atoms with E-state index >= 15 is 4.39 Å². The van der Waals surface area contributed by atoms with Crippen LogP contribution in [0.1, 0.15) is 87.2 Å². The molecule has 4 rings (SSSR count). The first-order chi connectivity index (χ1) is 15.7. The van der Waals surface area contributed by atoms with E-state index in [2.05, 4.69) is 30.3 Å². The molecule has 0 heterocycles. The van der Waals surface area contributed by atoms with Crippen molar-refractivity contribution in [2.75, 3.05) is 20.4 Å². The highest BCUT2D eigenvalue weighted by Crippen LogP contribution is 2.39. The number of benzene rings is 2. The second-order valence-corrected chi connectivity index (χ2v) is 10.1. The Bertz CT molecular complexity index is 831. The summed E-state index contributed by atoms with van der Waals surface area (Å²) >= 11 is 0. The van der Waals surface area contributed by atoms with Gasteiger partial charge in [-0.05, 0) is 116 Å². The van der Waals surface area contributed by atoms with E-state index in [0.717, 1.165) is 55.4 Å². The van der Waals surface area contributed by atoms with Gasteiger partial charge in [0.2, 0.25) is 0 Å². The molecule has 1 nitrogen and oxygen atoms in total. The van der Waals surface area contributed by atoms with Crippen LogP contribution >= 0.6 is 0 Å². The van der Waals surface area contributed by atoms with Crippen LogP contribution in [-0.2, 0) is 4.74 Å². The standard InChI is InChI=1S/C29H38F2O/c1-32-20-22-6-10-26(11-7-22)28-17-16-27(19-29(28)31)25-14-12-24(13-15-25)23-8-4-21(5-9-23)3-2-18-30/h12-17,19,21-23,26H,2-11,18,20H2,1H3. The van der Waals surface area contributed by atoms with E-state index in [1.54, 1.807) is 13.2 Å². The van der Waals surface area contributed by atoms with Crippen LogP contribution < -0.4 is 0 Å². The van der Waals surface area contributed by atoms with Crippen LogP contribution in [0.5, 0.6) is 0 Å². The molecule has 0 aromatic heterocycles. The minimum absolute atomic E-state index is 0.0617. The Balaban J connectivity index is 1.36. The van der Waals surface area contributed by atoms with Crippen LogP contribution in [-0.4, -0.2) is 20.4 Å². The van der Waals surface area contributed by atoms with Gasteiger partial charge in [-0.15, -0.1) is 0 Å². The second kappa shape index (κ2) is 11.4. The first-order valence-corrected chi connectivity index (χ1v) is 12.6. The Labute approximate surface area is 192 Å². The summed E-state index contributed by atoms with van der Waals surface area (Å²) in [5, 5.41) is 0. The maximum Gasteiger partial charge on any atom is 0.127 e. The normalized spacial score (nSPS) is 26.2. The number of hydrogen-bond acceptors (Lipinski definition) is 1. The molecule has 0 N–H and O–H groups in total. The molecule has 2 saturated carbocycles. The topological polar surface area (TPSA) is 9.23 Å². The maximum absolute atomic E-state index is 15.0. The summed E-state index contributed by atoms with van der Waals surface area (Å²) in [5.41, 5.74) is 4.31. The molecule has 0 saturated heterocycles. The largest absolute Gasteiger partial charge is 0.384 e. The molecule has 0 radical (unpaired) electrons. The minimum Gasteiger partial charge on any atom is -0.384 e. The van der Waals surface area contributed by atoms with Gasteiger partial charge in [-0.3, -0.25) is 4.39 Å². The molecule has 2 aliphatic rings. The Morgan fingerprint density at radius 2 is 1.41 bits per heavy atom. The van der Waals surface area contributed by atoms with Gasteiger partial charge in [-0.2, -0.15) is 0 Å². The molecule has 0 bridgehead atoms. The van der Waals surface area contributed by atoms with Gasteiger partial charge < -0.3 is 4.74 Å². The molecule has 2 fully saturated rings. The molecule has 174 valence electrons. The number of rotatable bonds is 8. The van der Waals surface area contributed by atoms with Crippen molar-refractivity contribution < 1.29 is 13.5 Å². The Morgan fingerprint density at radius 1 is 0.781 bits per heavy atom. The molecule has 0 spiro atoms. The van der Waals surface area contributed by atoms with E-state index in [-0.39, 0.29) is 12.5 Å². The highest BCUT2D eigenvalue weighted by Gasteiger charge is 2.25. The van der Waals surface area contributed by atoms with Gasteiger partial charge in [0.25, 0.3) is 0 Å². The summed E-state index contributed by atoms with van der Waals surface area (Å²) < 4.78 is 32.7. The van der Waals surface area contributed by atoms with Crippen molar-refractivity contribution >= 4 is 0 Å². The van der Waals surface area contributed by atoms with Crippen molar-refractivity contribution in [2.45, 2.75) is 76.0 Å². The molecule has 0 unspecified atom stereocenters. The van der Waals surface area contributed by atoms with Crippen LogP contribution in [0, 0.1) is 17.7 Å². The van der Waals surface area contributed by atoms with Crippen LogP contribution in [0.4, 0.5) is 8.78 Å². The first-order valence-electron chi connectivity index (χ1n) is 12.6. The van der Waals surface area contributed by atoms with E-state index < -0.39 is 0 Å². The van der Waals surface area contributed by atoms with Gasteiger partial charge in [0.15, 0.2) is 0 Å². The van der Waals surface area contributed by atoms with Crippen molar-refractivity contribution in [3.63, 3.8) is 0 Å². The number of alkyl halides is 1. The third kappa shape index (κ3) is 5.78. The fraction of sp³-hybridized carbons (Fsp3) is 0.586. The summed E-state index contributed by atoms with van der Waals surface area (Å²) in [6.07, 6.45) is 10.9. The van der Waals surface area contributed by atoms with Crippen molar-refractivity contribution in [3.05, 3.63) is 59.4 Å². The zero-order chi connectivity index (χ0) is 22.3. The SMILES string of the molecule is COCC1CCC(c2ccc(-c3ccc(C4CCC(CCCF)CC4)cc3)cc2F)CC1. The third-order valence-electron chi connectivity index (χ3n) is 8.00. The van der Waals surface area contributed by atoms with Gasteiger partial charge in [0, 0.05) is 13.7 Å². The summed E-state index contributed by atoms with van der Waals surface area (Å²) in [5.74, 6) is 2.21. The maximum atomic E-state index is 15.0. The molecule has 2 aromatic rings. The van der Waals surface area contributed by atoms with E-state index in [1.807, 2.05) is 6.07 Å². The predicted molar refractivity (Wildman–Crippen MR) is 128 cm³/mol. The van der Waals surface area contributed by atoms with Crippen LogP contribution in [0.2, 0.25) is 0 Å². The molecule has 3 heteroatoms. The van der Waals surface area contributed by atoms with Crippen molar-refractivity contribution in [1.82, 2.24) is 0 Å². The molecule has 2 aromatic carbocycles. The number of methoxy groups -OCH3 is 1. The second-order valence-electron chi connectivity index (χ2n) is 10.1. The number of hydrogen-bond donors (Lipinski definition) is 0. The zero-order valence-corrected chi connectivity index (χ0v) is 19.5. The lowest BCUT2D eigenvalue weighted by Gasteiger charge is -2.29. The molecule has 0 amide bonds. The van der Waals surface area contributed by atoms with Crippen molar-refractivity contribution in [1.29, 1.82) is 0 Å². The van der Waals surface area contributed by atoms with Gasteiger partial charge >= 0.3 is 0 Å². The lowest BCUT2D eigenvalue weighted by atomic mass is 9.77. The van der Waals surface area contributed by atoms with Crippen LogP contribution in [0.15, 0.2) is 42.5 Å². The average molecular weight is 441 g/mol. The van der Waals surface area contributed by atoms with Gasteiger partial charge in [0.05, 0.1) is 6.67 Å². The number of ether oxygens (including phenoxy) is 1. The first kappa shape index (κ1) is 23.4. The summed E-state index contributed by atoms with van der Waals surface area (Å²) in [7, 11) is 1.76. The fourth-order valence-electron chi connectivity index (χ4n) is 6.01. The van der Waals surface area contributed by atoms with Crippen LogP contribution in [0.3, 0.4) is 0 Å². The molecular weight excluding hydrogens is 402 g/mol. The van der Waals surface area contributed by atoms with Crippen molar-refractivity contribution in [3.8, 4) is 11.1 Å². The molecule has 0 atom stereocenters. The third-order valence-corrected chi connectivity index (χ3v) is 8.00. The van der Waals surface area contributed by atoms with Gasteiger partial charge in [0.1, 0.15) is 5.82 Å². The van der Waals surface area contributed by atoms with E-state index in [1.165, 1.54) is 31.2 Å². The minimum atomic E-state index is -0.182. The van der Waals surface area contributed by atoms with E-state index in [4.69, 9.17) is 4.74 Å².